The smallest absolute Gasteiger partial charge is 0.244 e. The predicted molar refractivity (Wildman–Crippen MR) is 226 cm³/mol. The van der Waals surface area contributed by atoms with E-state index in [4.69, 9.17) is 4.98 Å². The molecule has 0 radical (unpaired) electrons. The molecule has 0 N–H and O–H groups in total. The summed E-state index contributed by atoms with van der Waals surface area (Å²) in [6.07, 6.45) is 6.13. The van der Waals surface area contributed by atoms with Crippen molar-refractivity contribution in [2.24, 2.45) is 0 Å². The van der Waals surface area contributed by atoms with E-state index in [2.05, 4.69) is 211 Å². The molecule has 7 rings (SSSR count). The van der Waals surface area contributed by atoms with Gasteiger partial charge in [-0.25, -0.2) is 0 Å². The zero-order chi connectivity index (χ0) is 37.3. The van der Waals surface area contributed by atoms with Gasteiger partial charge in [-0.2, -0.15) is 0 Å². The Kier molecular flexibility index (Phi) is 10.4. The van der Waals surface area contributed by atoms with Crippen molar-refractivity contribution >= 4 is 40.0 Å². The maximum absolute atomic E-state index is 5.56. The van der Waals surface area contributed by atoms with Crippen molar-refractivity contribution in [3.63, 3.8) is 0 Å². The van der Waals surface area contributed by atoms with E-state index in [0.29, 0.717) is 23.7 Å². The molecule has 0 unspecified atom stereocenters. The molecule has 53 heavy (non-hydrogen) atoms. The second-order valence-electron chi connectivity index (χ2n) is 15.7. The van der Waals surface area contributed by atoms with Crippen molar-refractivity contribution < 1.29 is 4.57 Å². The number of hydrogen-bond acceptors (Lipinski definition) is 1. The fraction of sp³-hybridized carbons (Fsp3) is 0.265. The molecule has 0 aliphatic rings. The number of nitrogens with zero attached hydrogens (tertiary/aromatic N) is 3. The van der Waals surface area contributed by atoms with Crippen molar-refractivity contribution in [2.45, 2.75) is 85.6 Å². The van der Waals surface area contributed by atoms with Gasteiger partial charge in [-0.1, -0.05) is 183 Å². The lowest BCUT2D eigenvalue weighted by Gasteiger charge is -2.33. The minimum atomic E-state index is -2.86. The van der Waals surface area contributed by atoms with E-state index in [9.17, 15) is 0 Å². The van der Waals surface area contributed by atoms with E-state index in [1.807, 2.05) is 0 Å². The van der Waals surface area contributed by atoms with Gasteiger partial charge in [0.15, 0.2) is 0 Å². The zero-order valence-electron chi connectivity index (χ0n) is 32.6. The number of hydrogen-bond donors (Lipinski definition) is 0. The van der Waals surface area contributed by atoms with E-state index in [0.717, 1.165) is 22.9 Å². The van der Waals surface area contributed by atoms with Crippen LogP contribution in [0.15, 0.2) is 140 Å². The first-order valence-corrected chi connectivity index (χ1v) is 21.4. The molecule has 0 bridgehead atoms. The van der Waals surface area contributed by atoms with Crippen LogP contribution >= 0.6 is 0 Å². The summed E-state index contributed by atoms with van der Waals surface area (Å²) in [6.45, 7) is 19.2. The van der Waals surface area contributed by atoms with Gasteiger partial charge in [-0.15, -0.1) is 0 Å². The lowest BCUT2D eigenvalue weighted by Crippen LogP contribution is -2.75. The summed E-state index contributed by atoms with van der Waals surface area (Å²) in [5.41, 5.74) is 10.3. The first-order chi connectivity index (χ1) is 25.6. The van der Waals surface area contributed by atoms with Gasteiger partial charge >= 0.3 is 0 Å². The van der Waals surface area contributed by atoms with E-state index >= 15 is 0 Å². The Morgan fingerprint density at radius 1 is 0.547 bits per heavy atom. The Labute approximate surface area is 318 Å². The van der Waals surface area contributed by atoms with E-state index in [-0.39, 0.29) is 0 Å². The number of rotatable bonds is 11. The predicted octanol–water partition coefficient (Wildman–Crippen LogP) is 9.03. The number of pyridine rings is 1. The second-order valence-corrected chi connectivity index (χ2v) is 19.5. The molecule has 3 nitrogen and oxygen atoms in total. The summed E-state index contributed by atoms with van der Waals surface area (Å²) >= 11 is 0. The quantitative estimate of drug-likeness (QED) is 0.0568. The maximum Gasteiger partial charge on any atom is 0.244 e. The third kappa shape index (κ3) is 6.59. The molecule has 5 aromatic carbocycles. The van der Waals surface area contributed by atoms with E-state index < -0.39 is 8.07 Å². The molecule has 2 aromatic heterocycles. The number of benzene rings is 5. The number of para-hydroxylation sites is 1. The van der Waals surface area contributed by atoms with Gasteiger partial charge in [0.2, 0.25) is 14.4 Å². The molecule has 0 aliphatic heterocycles. The van der Waals surface area contributed by atoms with Crippen LogP contribution in [0.4, 0.5) is 0 Å². The first kappa shape index (κ1) is 36.3. The van der Waals surface area contributed by atoms with Crippen LogP contribution in [0.3, 0.4) is 0 Å². The summed E-state index contributed by atoms with van der Waals surface area (Å²) in [5, 5.41) is 5.08. The van der Waals surface area contributed by atoms with Crippen molar-refractivity contribution in [3.8, 4) is 5.69 Å². The highest BCUT2D eigenvalue weighted by molar-refractivity contribution is 7.19. The van der Waals surface area contributed by atoms with E-state index in [1.165, 1.54) is 49.1 Å². The largest absolute Gasteiger partial charge is 0.317 e. The average Bonchev–Trinajstić information content (AvgIpc) is 3.53. The standard InChI is InChI=1S/C49H53N3Si/c1-34(2)41-26-18-27-42(35(3)4)45(41)32-51-33-52(49-43(36(5)6)28-19-29-44(49)37(7)8)47-31-50-48(30-46(47)51)53(38-20-12-9-13-21-38,39-22-14-10-15-23-39)40-24-16-11-17-25-40/h9-31,34-37H,32H2,1-8H3. The highest BCUT2D eigenvalue weighted by Crippen LogP contribution is 2.32. The minimum absolute atomic E-state index is 0.346. The highest BCUT2D eigenvalue weighted by atomic mass is 28.3. The molecule has 0 saturated heterocycles. The molecule has 0 atom stereocenters. The molecule has 7 aromatic rings. The summed E-state index contributed by atoms with van der Waals surface area (Å²) in [4.78, 5) is 5.56. The highest BCUT2D eigenvalue weighted by Gasteiger charge is 2.43. The summed E-state index contributed by atoms with van der Waals surface area (Å²) in [6, 6.07) is 49.4. The van der Waals surface area contributed by atoms with Gasteiger partial charge in [0.25, 0.3) is 0 Å². The second kappa shape index (κ2) is 15.1. The Bertz CT molecular complexity index is 2170. The lowest BCUT2D eigenvalue weighted by atomic mass is 9.88. The van der Waals surface area contributed by atoms with Gasteiger partial charge in [0, 0.05) is 11.5 Å². The Balaban J connectivity index is 1.60. The summed E-state index contributed by atoms with van der Waals surface area (Å²) in [7, 11) is -2.86. The molecule has 2 heterocycles. The van der Waals surface area contributed by atoms with Gasteiger partial charge in [0.1, 0.15) is 0 Å². The third-order valence-corrected chi connectivity index (χ3v) is 15.6. The van der Waals surface area contributed by atoms with Crippen LogP contribution in [0.25, 0.3) is 16.7 Å². The van der Waals surface area contributed by atoms with Crippen LogP contribution in [0.1, 0.15) is 107 Å². The lowest BCUT2D eigenvalue weighted by molar-refractivity contribution is -0.574. The third-order valence-electron chi connectivity index (χ3n) is 11.0. The minimum Gasteiger partial charge on any atom is -0.317 e. The first-order valence-electron chi connectivity index (χ1n) is 19.4. The molecule has 0 saturated carbocycles. The van der Waals surface area contributed by atoms with Crippen LogP contribution in [0.2, 0.25) is 0 Å². The van der Waals surface area contributed by atoms with Crippen LogP contribution in [-0.2, 0) is 6.54 Å². The van der Waals surface area contributed by atoms with Gasteiger partial charge in [-0.3, -0.25) is 4.98 Å². The van der Waals surface area contributed by atoms with Crippen molar-refractivity contribution in [2.75, 3.05) is 0 Å². The van der Waals surface area contributed by atoms with Gasteiger partial charge in [0.05, 0.1) is 23.3 Å². The van der Waals surface area contributed by atoms with Crippen LogP contribution < -0.4 is 25.4 Å². The van der Waals surface area contributed by atoms with Crippen LogP contribution in [0, 0.1) is 6.33 Å². The monoisotopic (exact) mass is 711 g/mol. The van der Waals surface area contributed by atoms with Crippen LogP contribution in [0.5, 0.6) is 0 Å². The molecular formula is C49H53N3Si. The topological polar surface area (TPSA) is 21.7 Å². The molecule has 268 valence electrons. The number of fused-ring (bicyclic) bond motifs is 1. The fourth-order valence-corrected chi connectivity index (χ4v) is 13.0. The Hall–Kier alpha value is -5.06. The van der Waals surface area contributed by atoms with Gasteiger partial charge in [-0.05, 0) is 73.1 Å². The Morgan fingerprint density at radius 3 is 1.38 bits per heavy atom. The zero-order valence-corrected chi connectivity index (χ0v) is 33.6. The molecular weight excluding hydrogens is 659 g/mol. The van der Waals surface area contributed by atoms with Crippen LogP contribution in [-0.4, -0.2) is 17.6 Å². The van der Waals surface area contributed by atoms with Crippen molar-refractivity contribution in [1.29, 1.82) is 0 Å². The van der Waals surface area contributed by atoms with Gasteiger partial charge < -0.3 is 9.13 Å². The molecule has 0 fully saturated rings. The molecule has 0 spiro atoms. The normalized spacial score (nSPS) is 12.2. The molecule has 0 amide bonds. The van der Waals surface area contributed by atoms with Crippen molar-refractivity contribution in [1.82, 2.24) is 9.55 Å². The summed E-state index contributed by atoms with van der Waals surface area (Å²) < 4.78 is 4.73. The van der Waals surface area contributed by atoms with Crippen molar-refractivity contribution in [3.05, 3.63) is 174 Å². The Morgan fingerprint density at radius 2 is 0.962 bits per heavy atom. The molecule has 4 heteroatoms. The summed E-state index contributed by atoms with van der Waals surface area (Å²) in [5.74, 6) is 1.49. The SMILES string of the molecule is CC(C)c1cccc(C(C)C)c1Cn1[c-][n+](-c2c(C(C)C)cccc2C(C)C)c2cnc([Si](c3ccccc3)(c3ccccc3)c3ccccc3)cc21. The fourth-order valence-electron chi connectivity index (χ4n) is 8.37. The maximum atomic E-state index is 5.56. The molecule has 0 aliphatic carbocycles. The number of aromatic nitrogens is 3. The number of imidazole rings is 1. The average molecular weight is 712 g/mol. The van der Waals surface area contributed by atoms with E-state index in [1.54, 1.807) is 0 Å².